The Morgan fingerprint density at radius 1 is 1.21 bits per heavy atom. The topological polar surface area (TPSA) is 59.3 Å². The Labute approximate surface area is 167 Å². The molecule has 1 saturated heterocycles. The van der Waals surface area contributed by atoms with Crippen LogP contribution >= 0.6 is 11.8 Å². The summed E-state index contributed by atoms with van der Waals surface area (Å²) in [7, 11) is 2.16. The second-order valence-corrected chi connectivity index (χ2v) is 7.90. The van der Waals surface area contributed by atoms with E-state index in [1.807, 2.05) is 34.4 Å². The highest BCUT2D eigenvalue weighted by molar-refractivity contribution is 6.15. The molecule has 4 aliphatic rings. The Bertz CT molecular complexity index is 998. The first-order valence-corrected chi connectivity index (χ1v) is 9.80. The van der Waals surface area contributed by atoms with Crippen molar-refractivity contribution < 1.29 is 0 Å². The zero-order valence-electron chi connectivity index (χ0n) is 15.5. The van der Waals surface area contributed by atoms with Crippen LogP contribution in [0.4, 0.5) is 5.69 Å². The molecule has 0 aliphatic carbocycles. The average molecular weight is 398 g/mol. The van der Waals surface area contributed by atoms with Gasteiger partial charge in [0.05, 0.1) is 24.1 Å². The normalized spacial score (nSPS) is 23.7. The number of fused-ring (bicyclic) bond motifs is 6. The van der Waals surface area contributed by atoms with Crippen molar-refractivity contribution in [3.05, 3.63) is 53.7 Å². The summed E-state index contributed by atoms with van der Waals surface area (Å²) in [5.41, 5.74) is 3.29. The standard InChI is InChI=1S/C18H20ClN9/c1-23-8-4-7-15(23)16-9-21-22-28(16)26-11-20-18-13-5-2-3-6-14(13)25-12-24(19)10-17(25)27(18)26/h2-3,5-6,9-10,15H,4,7-8,11-12H2,1H3. The zero-order chi connectivity index (χ0) is 18.8. The summed E-state index contributed by atoms with van der Waals surface area (Å²) in [6.45, 7) is 2.15. The van der Waals surface area contributed by atoms with Crippen molar-refractivity contribution in [3.63, 3.8) is 0 Å². The van der Waals surface area contributed by atoms with Crippen LogP contribution in [0.3, 0.4) is 0 Å². The summed E-state index contributed by atoms with van der Waals surface area (Å²) < 4.78 is 1.67. The third-order valence-electron chi connectivity index (χ3n) is 5.88. The summed E-state index contributed by atoms with van der Waals surface area (Å²) >= 11 is 6.36. The lowest BCUT2D eigenvalue weighted by Gasteiger charge is -2.40. The number of anilines is 1. The first-order chi connectivity index (χ1) is 13.7. The van der Waals surface area contributed by atoms with Gasteiger partial charge in [0.25, 0.3) is 0 Å². The van der Waals surface area contributed by atoms with E-state index in [2.05, 4.69) is 44.3 Å². The first-order valence-electron chi connectivity index (χ1n) is 9.47. The molecule has 4 aliphatic heterocycles. The van der Waals surface area contributed by atoms with Crippen LogP contribution in [0.15, 0.2) is 47.5 Å². The second kappa shape index (κ2) is 5.86. The van der Waals surface area contributed by atoms with Crippen LogP contribution in [-0.4, -0.2) is 62.2 Å². The highest BCUT2D eigenvalue weighted by atomic mass is 35.5. The van der Waals surface area contributed by atoms with Gasteiger partial charge >= 0.3 is 0 Å². The van der Waals surface area contributed by atoms with Crippen molar-refractivity contribution >= 4 is 23.3 Å². The number of hydrazine groups is 1. The average Bonchev–Trinajstić information content (AvgIpc) is 3.46. The number of aromatic nitrogens is 3. The van der Waals surface area contributed by atoms with Gasteiger partial charge in [-0.25, -0.2) is 4.99 Å². The SMILES string of the molecule is CN1CCCC1c1cnnn1N1CN=C2c3ccccc3N3CN(Cl)C=C3N21. The molecule has 1 fully saturated rings. The van der Waals surface area contributed by atoms with Crippen molar-refractivity contribution in [2.75, 3.05) is 36.9 Å². The largest absolute Gasteiger partial charge is 0.305 e. The molecule has 2 aromatic rings. The third-order valence-corrected chi connectivity index (χ3v) is 6.08. The molecule has 0 radical (unpaired) electrons. The van der Waals surface area contributed by atoms with Crippen LogP contribution in [0.5, 0.6) is 0 Å². The first kappa shape index (κ1) is 16.2. The molecular weight excluding hydrogens is 378 g/mol. The molecule has 9 nitrogen and oxygen atoms in total. The number of nitrogens with zero attached hydrogens (tertiary/aromatic N) is 9. The van der Waals surface area contributed by atoms with E-state index in [0.29, 0.717) is 19.4 Å². The number of benzene rings is 1. The van der Waals surface area contributed by atoms with Gasteiger partial charge in [0.15, 0.2) is 18.3 Å². The molecule has 0 bridgehead atoms. The van der Waals surface area contributed by atoms with Crippen LogP contribution in [0.1, 0.15) is 30.1 Å². The quantitative estimate of drug-likeness (QED) is 0.714. The van der Waals surface area contributed by atoms with Gasteiger partial charge in [-0.2, -0.15) is 10.1 Å². The summed E-state index contributed by atoms with van der Waals surface area (Å²) in [5.74, 6) is 1.87. The number of amidine groups is 1. The predicted molar refractivity (Wildman–Crippen MR) is 106 cm³/mol. The highest BCUT2D eigenvalue weighted by Gasteiger charge is 2.43. The van der Waals surface area contributed by atoms with Gasteiger partial charge in [-0.1, -0.05) is 12.1 Å². The maximum atomic E-state index is 6.36. The van der Waals surface area contributed by atoms with Crippen molar-refractivity contribution in [1.82, 2.24) is 29.4 Å². The van der Waals surface area contributed by atoms with Crippen LogP contribution < -0.4 is 10.0 Å². The van der Waals surface area contributed by atoms with Crippen molar-refractivity contribution in [3.8, 4) is 0 Å². The predicted octanol–water partition coefficient (Wildman–Crippen LogP) is 1.66. The van der Waals surface area contributed by atoms with E-state index in [0.717, 1.165) is 41.6 Å². The second-order valence-electron chi connectivity index (χ2n) is 7.47. The number of aliphatic imine (C=N–C) groups is 1. The Balaban J connectivity index is 1.45. The molecule has 5 heterocycles. The van der Waals surface area contributed by atoms with Crippen LogP contribution in [-0.2, 0) is 0 Å². The van der Waals surface area contributed by atoms with Gasteiger partial charge in [0.2, 0.25) is 0 Å². The van der Waals surface area contributed by atoms with E-state index in [1.54, 1.807) is 4.42 Å². The fourth-order valence-corrected chi connectivity index (χ4v) is 4.76. The number of rotatable bonds is 2. The molecule has 144 valence electrons. The fraction of sp³-hybridized carbons (Fsp3) is 0.389. The van der Waals surface area contributed by atoms with E-state index in [4.69, 9.17) is 16.8 Å². The van der Waals surface area contributed by atoms with Crippen LogP contribution in [0.25, 0.3) is 0 Å². The molecule has 1 aromatic carbocycles. The van der Waals surface area contributed by atoms with Crippen molar-refractivity contribution in [1.29, 1.82) is 0 Å². The number of hydrogen-bond donors (Lipinski definition) is 0. The number of para-hydroxylation sites is 1. The molecule has 10 heteroatoms. The Kier molecular flexibility index (Phi) is 3.39. The van der Waals surface area contributed by atoms with Gasteiger partial charge in [0, 0.05) is 17.3 Å². The summed E-state index contributed by atoms with van der Waals surface area (Å²) in [4.78, 5) is 11.3. The lowest BCUT2D eigenvalue weighted by Crippen LogP contribution is -2.54. The molecule has 1 aromatic heterocycles. The molecule has 0 N–H and O–H groups in total. The molecular formula is C18H20ClN9. The minimum Gasteiger partial charge on any atom is -0.305 e. The molecule has 1 atom stereocenters. The Morgan fingerprint density at radius 3 is 2.96 bits per heavy atom. The fourth-order valence-electron chi connectivity index (χ4n) is 4.57. The monoisotopic (exact) mass is 397 g/mol. The summed E-state index contributed by atoms with van der Waals surface area (Å²) in [5, 5.41) is 12.8. The minimum absolute atomic E-state index is 0.314. The van der Waals surface area contributed by atoms with E-state index in [1.165, 1.54) is 6.42 Å². The van der Waals surface area contributed by atoms with Crippen molar-refractivity contribution in [2.24, 2.45) is 4.99 Å². The maximum Gasteiger partial charge on any atom is 0.162 e. The summed E-state index contributed by atoms with van der Waals surface area (Å²) in [6, 6.07) is 8.61. The molecule has 6 rings (SSSR count). The van der Waals surface area contributed by atoms with E-state index < -0.39 is 0 Å². The lowest BCUT2D eigenvalue weighted by atomic mass is 10.1. The van der Waals surface area contributed by atoms with E-state index in [-0.39, 0.29) is 0 Å². The van der Waals surface area contributed by atoms with E-state index >= 15 is 0 Å². The zero-order valence-corrected chi connectivity index (χ0v) is 16.2. The molecule has 28 heavy (non-hydrogen) atoms. The number of likely N-dealkylation sites (tertiary alicyclic amines) is 1. The van der Waals surface area contributed by atoms with Crippen LogP contribution in [0.2, 0.25) is 0 Å². The molecule has 0 amide bonds. The summed E-state index contributed by atoms with van der Waals surface area (Å²) in [6.07, 6.45) is 6.10. The number of hydrogen-bond acceptors (Lipinski definition) is 8. The minimum atomic E-state index is 0.314. The smallest absolute Gasteiger partial charge is 0.162 e. The number of halogens is 1. The molecule has 0 spiro atoms. The molecule has 0 saturated carbocycles. The molecule has 1 unspecified atom stereocenters. The van der Waals surface area contributed by atoms with Gasteiger partial charge in [-0.05, 0) is 43.8 Å². The van der Waals surface area contributed by atoms with Gasteiger partial charge in [-0.15, -0.1) is 9.89 Å². The van der Waals surface area contributed by atoms with Gasteiger partial charge < -0.3 is 4.90 Å². The van der Waals surface area contributed by atoms with Crippen molar-refractivity contribution in [2.45, 2.75) is 18.9 Å². The maximum absolute atomic E-state index is 6.36. The third kappa shape index (κ3) is 2.14. The Morgan fingerprint density at radius 2 is 2.11 bits per heavy atom. The Hall–Kier alpha value is -2.78. The van der Waals surface area contributed by atoms with Crippen LogP contribution in [0, 0.1) is 0 Å². The highest BCUT2D eigenvalue weighted by Crippen LogP contribution is 2.39. The lowest BCUT2D eigenvalue weighted by molar-refractivity contribution is 0.276. The van der Waals surface area contributed by atoms with E-state index in [9.17, 15) is 0 Å². The van der Waals surface area contributed by atoms with Gasteiger partial charge in [-0.3, -0.25) is 9.32 Å². The van der Waals surface area contributed by atoms with Gasteiger partial charge in [0.1, 0.15) is 12.4 Å².